The predicted octanol–water partition coefficient (Wildman–Crippen LogP) is 2.81. The molecule has 0 unspecified atom stereocenters. The smallest absolute Gasteiger partial charge is 0.256 e. The third-order valence-electron chi connectivity index (χ3n) is 2.70. The fourth-order valence-corrected chi connectivity index (χ4v) is 3.44. The van der Waals surface area contributed by atoms with Crippen molar-refractivity contribution in [2.24, 2.45) is 0 Å². The first kappa shape index (κ1) is 12.9. The van der Waals surface area contributed by atoms with Gasteiger partial charge in [0.15, 0.2) is 0 Å². The molecule has 0 radical (unpaired) electrons. The molecular weight excluding hydrogens is 300 g/mol. The molecule has 0 bridgehead atoms. The highest BCUT2D eigenvalue weighted by molar-refractivity contribution is 9.10. The van der Waals surface area contributed by atoms with Gasteiger partial charge in [-0.1, -0.05) is 0 Å². The van der Waals surface area contributed by atoms with Crippen LogP contribution in [0.3, 0.4) is 0 Å². The SMILES string of the molecule is CC1(C)CN(C(=O)c2cccnc2Br)CCS1. The number of carbonyl (C=O) groups excluding carboxylic acids is 1. The van der Waals surface area contributed by atoms with Gasteiger partial charge in [0.1, 0.15) is 4.60 Å². The second kappa shape index (κ2) is 4.98. The first-order valence-electron chi connectivity index (χ1n) is 5.53. The van der Waals surface area contributed by atoms with Gasteiger partial charge in [-0.2, -0.15) is 11.8 Å². The van der Waals surface area contributed by atoms with E-state index in [1.165, 1.54) is 0 Å². The molecule has 92 valence electrons. The third-order valence-corrected chi connectivity index (χ3v) is 4.63. The topological polar surface area (TPSA) is 33.2 Å². The summed E-state index contributed by atoms with van der Waals surface area (Å²) >= 11 is 5.25. The van der Waals surface area contributed by atoms with Crippen LogP contribution in [0, 0.1) is 0 Å². The Kier molecular flexibility index (Phi) is 3.78. The molecule has 0 spiro atoms. The molecule has 5 heteroatoms. The quantitative estimate of drug-likeness (QED) is 0.747. The number of nitrogens with zero attached hydrogens (tertiary/aromatic N) is 2. The summed E-state index contributed by atoms with van der Waals surface area (Å²) in [6.07, 6.45) is 1.68. The number of aromatic nitrogens is 1. The van der Waals surface area contributed by atoms with Crippen molar-refractivity contribution in [2.45, 2.75) is 18.6 Å². The van der Waals surface area contributed by atoms with Crippen LogP contribution in [0.5, 0.6) is 0 Å². The third kappa shape index (κ3) is 3.01. The highest BCUT2D eigenvalue weighted by Crippen LogP contribution is 2.30. The van der Waals surface area contributed by atoms with Crippen LogP contribution in [-0.4, -0.2) is 39.4 Å². The molecule has 0 atom stereocenters. The second-order valence-corrected chi connectivity index (χ2v) is 7.23. The summed E-state index contributed by atoms with van der Waals surface area (Å²) in [5, 5.41) is 0. The van der Waals surface area contributed by atoms with E-state index in [1.807, 2.05) is 22.7 Å². The minimum absolute atomic E-state index is 0.0679. The zero-order chi connectivity index (χ0) is 12.5. The van der Waals surface area contributed by atoms with Crippen LogP contribution in [-0.2, 0) is 0 Å². The number of halogens is 1. The van der Waals surface area contributed by atoms with E-state index in [2.05, 4.69) is 34.8 Å². The number of thioether (sulfide) groups is 1. The Morgan fingerprint density at radius 1 is 1.59 bits per heavy atom. The van der Waals surface area contributed by atoms with E-state index in [0.717, 1.165) is 18.8 Å². The van der Waals surface area contributed by atoms with Gasteiger partial charge in [-0.05, 0) is 41.9 Å². The summed E-state index contributed by atoms with van der Waals surface area (Å²) in [6.45, 7) is 5.96. The molecule has 2 heterocycles. The number of pyridine rings is 1. The Morgan fingerprint density at radius 3 is 3.00 bits per heavy atom. The van der Waals surface area contributed by atoms with Crippen molar-refractivity contribution in [3.05, 3.63) is 28.5 Å². The molecule has 0 N–H and O–H groups in total. The van der Waals surface area contributed by atoms with E-state index in [9.17, 15) is 4.79 Å². The number of amides is 1. The van der Waals surface area contributed by atoms with Crippen molar-refractivity contribution in [1.29, 1.82) is 0 Å². The van der Waals surface area contributed by atoms with Gasteiger partial charge < -0.3 is 4.90 Å². The second-order valence-electron chi connectivity index (χ2n) is 4.68. The van der Waals surface area contributed by atoms with Gasteiger partial charge in [-0.25, -0.2) is 4.98 Å². The van der Waals surface area contributed by atoms with Crippen LogP contribution in [0.4, 0.5) is 0 Å². The van der Waals surface area contributed by atoms with Crippen molar-refractivity contribution in [2.75, 3.05) is 18.8 Å². The van der Waals surface area contributed by atoms with E-state index in [4.69, 9.17) is 0 Å². The highest BCUT2D eigenvalue weighted by Gasteiger charge is 2.30. The van der Waals surface area contributed by atoms with Gasteiger partial charge in [-0.15, -0.1) is 0 Å². The molecule has 0 saturated carbocycles. The molecule has 1 amide bonds. The number of hydrogen-bond acceptors (Lipinski definition) is 3. The van der Waals surface area contributed by atoms with Crippen molar-refractivity contribution < 1.29 is 4.79 Å². The molecular formula is C12H15BrN2OS. The molecule has 1 fully saturated rings. The molecule has 2 rings (SSSR count). The van der Waals surface area contributed by atoms with Crippen LogP contribution >= 0.6 is 27.7 Å². The molecule has 1 aromatic rings. The largest absolute Gasteiger partial charge is 0.336 e. The maximum Gasteiger partial charge on any atom is 0.256 e. The molecule has 1 aromatic heterocycles. The minimum Gasteiger partial charge on any atom is -0.336 e. The van der Waals surface area contributed by atoms with Gasteiger partial charge in [0, 0.05) is 29.8 Å². The van der Waals surface area contributed by atoms with E-state index in [-0.39, 0.29) is 10.7 Å². The van der Waals surface area contributed by atoms with Gasteiger partial charge in [0.25, 0.3) is 5.91 Å². The van der Waals surface area contributed by atoms with Crippen LogP contribution in [0.15, 0.2) is 22.9 Å². The van der Waals surface area contributed by atoms with Gasteiger partial charge >= 0.3 is 0 Å². The lowest BCUT2D eigenvalue weighted by Gasteiger charge is -2.37. The Morgan fingerprint density at radius 2 is 2.35 bits per heavy atom. The lowest BCUT2D eigenvalue weighted by atomic mass is 10.1. The monoisotopic (exact) mass is 314 g/mol. The van der Waals surface area contributed by atoms with Gasteiger partial charge in [-0.3, -0.25) is 4.79 Å². The Bertz CT molecular complexity index is 436. The molecule has 0 aliphatic carbocycles. The maximum atomic E-state index is 12.4. The van der Waals surface area contributed by atoms with Crippen LogP contribution in [0.1, 0.15) is 24.2 Å². The first-order valence-corrected chi connectivity index (χ1v) is 7.31. The Hall–Kier alpha value is -0.550. The molecule has 1 aliphatic rings. The number of hydrogen-bond donors (Lipinski definition) is 0. The van der Waals surface area contributed by atoms with Crippen molar-refractivity contribution in [1.82, 2.24) is 9.88 Å². The van der Waals surface area contributed by atoms with Crippen LogP contribution < -0.4 is 0 Å². The highest BCUT2D eigenvalue weighted by atomic mass is 79.9. The lowest BCUT2D eigenvalue weighted by molar-refractivity contribution is 0.0746. The van der Waals surface area contributed by atoms with Gasteiger partial charge in [0.05, 0.1) is 5.56 Å². The summed E-state index contributed by atoms with van der Waals surface area (Å²) in [6, 6.07) is 3.61. The van der Waals surface area contributed by atoms with E-state index in [1.54, 1.807) is 12.3 Å². The van der Waals surface area contributed by atoms with Crippen LogP contribution in [0.2, 0.25) is 0 Å². The van der Waals surface area contributed by atoms with Gasteiger partial charge in [0.2, 0.25) is 0 Å². The molecule has 1 aliphatic heterocycles. The molecule has 17 heavy (non-hydrogen) atoms. The zero-order valence-electron chi connectivity index (χ0n) is 9.94. The van der Waals surface area contributed by atoms with Crippen molar-refractivity contribution in [3.8, 4) is 0 Å². The lowest BCUT2D eigenvalue weighted by Crippen LogP contribution is -2.46. The predicted molar refractivity (Wildman–Crippen MR) is 74.4 cm³/mol. The normalized spacial score (nSPS) is 19.1. The van der Waals surface area contributed by atoms with E-state index >= 15 is 0 Å². The number of rotatable bonds is 1. The Balaban J connectivity index is 2.18. The summed E-state index contributed by atoms with van der Waals surface area (Å²) in [7, 11) is 0. The maximum absolute atomic E-state index is 12.4. The summed E-state index contributed by atoms with van der Waals surface area (Å²) in [5.74, 6) is 1.06. The summed E-state index contributed by atoms with van der Waals surface area (Å²) in [4.78, 5) is 18.4. The van der Waals surface area contributed by atoms with Crippen molar-refractivity contribution in [3.63, 3.8) is 0 Å². The standard InChI is InChI=1S/C12H15BrN2OS/c1-12(2)8-15(6-7-17-12)11(16)9-4-3-5-14-10(9)13/h3-5H,6-8H2,1-2H3. The van der Waals surface area contributed by atoms with Crippen molar-refractivity contribution >= 4 is 33.6 Å². The summed E-state index contributed by atoms with van der Waals surface area (Å²) < 4.78 is 0.767. The average Bonchev–Trinajstić information content (AvgIpc) is 2.27. The van der Waals surface area contributed by atoms with E-state index < -0.39 is 0 Å². The zero-order valence-corrected chi connectivity index (χ0v) is 12.3. The van der Waals surface area contributed by atoms with Crippen LogP contribution in [0.25, 0.3) is 0 Å². The average molecular weight is 315 g/mol. The number of carbonyl (C=O) groups is 1. The first-order chi connectivity index (χ1) is 7.99. The molecule has 0 aromatic carbocycles. The summed E-state index contributed by atoms with van der Waals surface area (Å²) in [5.41, 5.74) is 0.648. The fraction of sp³-hybridized carbons (Fsp3) is 0.500. The fourth-order valence-electron chi connectivity index (χ4n) is 1.91. The minimum atomic E-state index is 0.0679. The molecule has 3 nitrogen and oxygen atoms in total. The Labute approximate surface area is 114 Å². The molecule has 1 saturated heterocycles. The van der Waals surface area contributed by atoms with E-state index in [0.29, 0.717) is 10.2 Å².